The predicted molar refractivity (Wildman–Crippen MR) is 116 cm³/mol. The number of likely N-dealkylation sites (tertiary alicyclic amines) is 1. The number of carbonyl (C=O) groups excluding carboxylic acids is 2. The monoisotopic (exact) mass is 437 g/mol. The highest BCUT2D eigenvalue weighted by molar-refractivity contribution is 6.63. The van der Waals surface area contributed by atoms with Crippen LogP contribution in [-0.4, -0.2) is 22.6 Å². The van der Waals surface area contributed by atoms with Gasteiger partial charge in [0, 0.05) is 13.0 Å². The largest absolute Gasteiger partial charge is 0.489 e. The number of hydrogen-bond acceptors (Lipinski definition) is 3. The molecule has 3 aromatic carbocycles. The molecular formula is C25H21ClFNO3. The Morgan fingerprint density at radius 3 is 2.23 bits per heavy atom. The Morgan fingerprint density at radius 1 is 0.935 bits per heavy atom. The fourth-order valence-corrected chi connectivity index (χ4v) is 3.96. The van der Waals surface area contributed by atoms with Gasteiger partial charge in [-0.15, -0.1) is 0 Å². The summed E-state index contributed by atoms with van der Waals surface area (Å²) < 4.78 is 19.2. The molecule has 0 bridgehead atoms. The van der Waals surface area contributed by atoms with Crippen molar-refractivity contribution < 1.29 is 18.7 Å². The summed E-state index contributed by atoms with van der Waals surface area (Å²) in [5.41, 5.74) is 2.74. The Labute approximate surface area is 185 Å². The Morgan fingerprint density at radius 2 is 1.58 bits per heavy atom. The second-order valence-electron chi connectivity index (χ2n) is 7.45. The Balaban J connectivity index is 1.53. The molecule has 4 nitrogen and oxygen atoms in total. The third-order valence-electron chi connectivity index (χ3n) is 5.45. The molecule has 158 valence electrons. The van der Waals surface area contributed by atoms with E-state index in [2.05, 4.69) is 0 Å². The molecule has 0 saturated carbocycles. The molecule has 1 aliphatic rings. The number of benzene rings is 3. The van der Waals surface area contributed by atoms with Gasteiger partial charge in [-0.2, -0.15) is 0 Å². The van der Waals surface area contributed by atoms with Crippen LogP contribution in [0.2, 0.25) is 0 Å². The number of β-lactam (4-membered cyclic amide) rings is 1. The fraction of sp³-hybridized carbons (Fsp3) is 0.200. The van der Waals surface area contributed by atoms with Crippen molar-refractivity contribution in [3.8, 4) is 5.75 Å². The quantitative estimate of drug-likeness (QED) is 0.358. The van der Waals surface area contributed by atoms with Crippen molar-refractivity contribution in [1.29, 1.82) is 0 Å². The molecule has 0 aromatic heterocycles. The second-order valence-corrected chi connectivity index (χ2v) is 7.88. The van der Waals surface area contributed by atoms with Gasteiger partial charge in [0.1, 0.15) is 18.2 Å². The molecule has 0 spiro atoms. The van der Waals surface area contributed by atoms with Crippen LogP contribution in [0.25, 0.3) is 0 Å². The van der Waals surface area contributed by atoms with E-state index in [-0.39, 0.29) is 30.7 Å². The highest BCUT2D eigenvalue weighted by Gasteiger charge is 2.48. The summed E-state index contributed by atoms with van der Waals surface area (Å²) in [6.45, 7) is 0.708. The summed E-state index contributed by atoms with van der Waals surface area (Å²) >= 11 is 5.49. The molecule has 1 amide bonds. The Bertz CT molecular complexity index is 1050. The van der Waals surface area contributed by atoms with Crippen molar-refractivity contribution >= 4 is 22.8 Å². The summed E-state index contributed by atoms with van der Waals surface area (Å²) in [6.07, 6.45) is 0.0816. The van der Waals surface area contributed by atoms with Crippen LogP contribution in [0.3, 0.4) is 0 Å². The Hall–Kier alpha value is -3.18. The standard InChI is InChI=1S/C25H21ClFNO3/c26-22(29)14-15-28-24(23(25(28)30)18-6-10-20(27)11-7-18)19-8-12-21(13-9-19)31-16-17-4-2-1-3-5-17/h1-13,23-24H,14-16H2. The predicted octanol–water partition coefficient (Wildman–Crippen LogP) is 5.23. The first-order valence-electron chi connectivity index (χ1n) is 10.0. The molecule has 4 rings (SSSR count). The van der Waals surface area contributed by atoms with Crippen molar-refractivity contribution in [3.63, 3.8) is 0 Å². The van der Waals surface area contributed by atoms with Gasteiger partial charge in [0.25, 0.3) is 0 Å². The zero-order valence-electron chi connectivity index (χ0n) is 16.7. The number of hydrogen-bond donors (Lipinski definition) is 0. The molecule has 31 heavy (non-hydrogen) atoms. The van der Waals surface area contributed by atoms with E-state index >= 15 is 0 Å². The maximum absolute atomic E-state index is 13.4. The SMILES string of the molecule is O=C(Cl)CCN1C(=O)C(c2ccc(F)cc2)C1c1ccc(OCc2ccccc2)cc1. The lowest BCUT2D eigenvalue weighted by Gasteiger charge is -2.47. The number of halogens is 2. The van der Waals surface area contributed by atoms with Crippen LogP contribution in [0.5, 0.6) is 5.75 Å². The average molecular weight is 438 g/mol. The summed E-state index contributed by atoms with van der Waals surface area (Å²) in [5, 5.41) is -0.485. The van der Waals surface area contributed by atoms with E-state index in [1.54, 1.807) is 17.0 Å². The van der Waals surface area contributed by atoms with Gasteiger partial charge in [0.2, 0.25) is 11.1 Å². The van der Waals surface area contributed by atoms with Crippen LogP contribution in [0, 0.1) is 5.82 Å². The highest BCUT2D eigenvalue weighted by Crippen LogP contribution is 2.46. The minimum atomic E-state index is -0.485. The van der Waals surface area contributed by atoms with Gasteiger partial charge >= 0.3 is 0 Å². The summed E-state index contributed by atoms with van der Waals surface area (Å²) in [5.74, 6) is -0.156. The van der Waals surface area contributed by atoms with Gasteiger partial charge in [0.15, 0.2) is 0 Å². The lowest BCUT2D eigenvalue weighted by atomic mass is 9.77. The van der Waals surface area contributed by atoms with Gasteiger partial charge in [-0.05, 0) is 52.6 Å². The average Bonchev–Trinajstić information content (AvgIpc) is 2.78. The maximum atomic E-state index is 13.4. The molecule has 1 fully saturated rings. The van der Waals surface area contributed by atoms with E-state index in [4.69, 9.17) is 16.3 Å². The van der Waals surface area contributed by atoms with Crippen molar-refractivity contribution in [2.24, 2.45) is 0 Å². The fourth-order valence-electron chi connectivity index (χ4n) is 3.88. The minimum absolute atomic E-state index is 0.0816. The lowest BCUT2D eigenvalue weighted by molar-refractivity contribution is -0.150. The first kappa shape index (κ1) is 21.1. The third kappa shape index (κ3) is 4.78. The van der Waals surface area contributed by atoms with Gasteiger partial charge < -0.3 is 9.64 Å². The second kappa shape index (κ2) is 9.31. The molecule has 0 N–H and O–H groups in total. The van der Waals surface area contributed by atoms with Gasteiger partial charge in [0.05, 0.1) is 12.0 Å². The molecule has 3 aromatic rings. The molecule has 1 saturated heterocycles. The van der Waals surface area contributed by atoms with Crippen molar-refractivity contribution in [3.05, 3.63) is 101 Å². The van der Waals surface area contributed by atoms with Crippen molar-refractivity contribution in [1.82, 2.24) is 4.90 Å². The van der Waals surface area contributed by atoms with Crippen LogP contribution in [0.4, 0.5) is 4.39 Å². The first-order valence-corrected chi connectivity index (χ1v) is 10.4. The molecule has 0 aliphatic carbocycles. The van der Waals surface area contributed by atoms with Crippen LogP contribution >= 0.6 is 11.6 Å². The van der Waals surface area contributed by atoms with Crippen LogP contribution in [0.1, 0.15) is 35.1 Å². The lowest BCUT2D eigenvalue weighted by Crippen LogP contribution is -2.53. The molecule has 6 heteroatoms. The highest BCUT2D eigenvalue weighted by atomic mass is 35.5. The van der Waals surface area contributed by atoms with E-state index < -0.39 is 11.2 Å². The zero-order valence-corrected chi connectivity index (χ0v) is 17.5. The van der Waals surface area contributed by atoms with E-state index in [0.29, 0.717) is 6.61 Å². The zero-order chi connectivity index (χ0) is 21.8. The summed E-state index contributed by atoms with van der Waals surface area (Å²) in [4.78, 5) is 25.7. The number of ether oxygens (including phenoxy) is 1. The Kier molecular flexibility index (Phi) is 6.33. The smallest absolute Gasteiger partial charge is 0.233 e. The molecular weight excluding hydrogens is 417 g/mol. The minimum Gasteiger partial charge on any atom is -0.489 e. The summed E-state index contributed by atoms with van der Waals surface area (Å²) in [7, 11) is 0. The normalized spacial score (nSPS) is 17.9. The van der Waals surface area contributed by atoms with Crippen LogP contribution in [0.15, 0.2) is 78.9 Å². The number of rotatable bonds is 8. The number of carbonyl (C=O) groups is 2. The maximum Gasteiger partial charge on any atom is 0.233 e. The number of nitrogens with zero attached hydrogens (tertiary/aromatic N) is 1. The molecule has 1 heterocycles. The first-order chi connectivity index (χ1) is 15.0. The van der Waals surface area contributed by atoms with Crippen LogP contribution < -0.4 is 4.74 Å². The van der Waals surface area contributed by atoms with E-state index in [1.807, 2.05) is 54.6 Å². The van der Waals surface area contributed by atoms with Crippen LogP contribution in [-0.2, 0) is 16.2 Å². The third-order valence-corrected chi connectivity index (χ3v) is 5.64. The van der Waals surface area contributed by atoms with Crippen molar-refractivity contribution in [2.75, 3.05) is 6.54 Å². The molecule has 2 unspecified atom stereocenters. The van der Waals surface area contributed by atoms with Gasteiger partial charge in [-0.3, -0.25) is 9.59 Å². The van der Waals surface area contributed by atoms with E-state index in [9.17, 15) is 14.0 Å². The van der Waals surface area contributed by atoms with E-state index in [1.165, 1.54) is 12.1 Å². The molecule has 0 radical (unpaired) electrons. The van der Waals surface area contributed by atoms with Crippen molar-refractivity contribution in [2.45, 2.75) is 25.0 Å². The molecule has 1 aliphatic heterocycles. The number of amides is 1. The molecule has 2 atom stereocenters. The topological polar surface area (TPSA) is 46.6 Å². The van der Waals surface area contributed by atoms with Gasteiger partial charge in [-0.1, -0.05) is 54.6 Å². The van der Waals surface area contributed by atoms with E-state index in [0.717, 1.165) is 22.4 Å². The van der Waals surface area contributed by atoms with Gasteiger partial charge in [-0.25, -0.2) is 4.39 Å². The summed E-state index contributed by atoms with van der Waals surface area (Å²) in [6, 6.07) is 23.2.